The van der Waals surface area contributed by atoms with Crippen molar-refractivity contribution in [3.63, 3.8) is 0 Å². The molecule has 5 heteroatoms. The van der Waals surface area contributed by atoms with Gasteiger partial charge in [-0.3, -0.25) is 0 Å². The molecule has 0 bridgehead atoms. The van der Waals surface area contributed by atoms with Crippen LogP contribution in [0.3, 0.4) is 0 Å². The first kappa shape index (κ1) is 5.58. The van der Waals surface area contributed by atoms with Crippen LogP contribution in [0.4, 0.5) is 0 Å². The zero-order valence-electron chi connectivity index (χ0n) is 4.17. The van der Waals surface area contributed by atoms with Gasteiger partial charge in [0, 0.05) is 0 Å². The minimum absolute atomic E-state index is 0.573. The summed E-state index contributed by atoms with van der Waals surface area (Å²) in [4.78, 5) is 9.91. The molecule has 0 aliphatic rings. The van der Waals surface area contributed by atoms with Gasteiger partial charge in [-0.2, -0.15) is 0 Å². The van der Waals surface area contributed by atoms with Crippen molar-refractivity contribution in [3.8, 4) is 0 Å². The van der Waals surface area contributed by atoms with E-state index in [1.165, 1.54) is 22.7 Å². The maximum Gasteiger partial charge on any atom is 0.187 e. The standard InChI is InChI=1S/C4HClN2S2/c5-4-7-3-2(9-4)6-1-8-3/h1H. The van der Waals surface area contributed by atoms with Gasteiger partial charge < -0.3 is 0 Å². The molecular weight excluding hydrogens is 176 g/mol. The maximum absolute atomic E-state index is 5.60. The second-order valence-corrected chi connectivity index (χ2v) is 3.82. The molecule has 0 amide bonds. The Morgan fingerprint density at radius 2 is 2.33 bits per heavy atom. The van der Waals surface area contributed by atoms with Gasteiger partial charge in [0.2, 0.25) is 0 Å². The number of hydrogen-bond acceptors (Lipinski definition) is 4. The van der Waals surface area contributed by atoms with Crippen LogP contribution in [0, 0.1) is 0 Å². The molecule has 0 aliphatic carbocycles. The zero-order valence-corrected chi connectivity index (χ0v) is 6.56. The highest BCUT2D eigenvalue weighted by Gasteiger charge is 2.01. The summed E-state index contributed by atoms with van der Waals surface area (Å²) < 4.78 is 0.573. The molecule has 0 N–H and O–H groups in total. The van der Waals surface area contributed by atoms with E-state index in [0.29, 0.717) is 4.47 Å². The molecule has 0 unspecified atom stereocenters. The molecule has 46 valence electrons. The molecule has 2 heterocycles. The Labute approximate surface area is 64.1 Å². The van der Waals surface area contributed by atoms with Crippen molar-refractivity contribution in [2.45, 2.75) is 0 Å². The van der Waals surface area contributed by atoms with E-state index >= 15 is 0 Å². The average Bonchev–Trinajstić information content (AvgIpc) is 2.22. The fraction of sp³-hybridized carbons (Fsp3) is 0. The number of aromatic nitrogens is 2. The largest absolute Gasteiger partial charge is 0.232 e. The van der Waals surface area contributed by atoms with Crippen molar-refractivity contribution in [1.82, 2.24) is 9.97 Å². The smallest absolute Gasteiger partial charge is 0.187 e. The number of fused-ring (bicyclic) bond motifs is 1. The van der Waals surface area contributed by atoms with Crippen LogP contribution in [0.2, 0.25) is 4.47 Å². The van der Waals surface area contributed by atoms with Crippen LogP contribution in [0.1, 0.15) is 0 Å². The van der Waals surface area contributed by atoms with E-state index in [1.807, 2.05) is 0 Å². The Balaban J connectivity index is 2.92. The fourth-order valence-electron chi connectivity index (χ4n) is 0.556. The lowest BCUT2D eigenvalue weighted by Crippen LogP contribution is -1.52. The quantitative estimate of drug-likeness (QED) is 0.616. The van der Waals surface area contributed by atoms with Gasteiger partial charge in [0.05, 0.1) is 5.51 Å². The molecule has 2 aromatic heterocycles. The topological polar surface area (TPSA) is 25.8 Å². The first-order chi connectivity index (χ1) is 4.36. The molecule has 9 heavy (non-hydrogen) atoms. The predicted molar refractivity (Wildman–Crippen MR) is 40.3 cm³/mol. The highest BCUT2D eigenvalue weighted by Crippen LogP contribution is 2.26. The van der Waals surface area contributed by atoms with Crippen molar-refractivity contribution in [3.05, 3.63) is 9.98 Å². The molecule has 2 rings (SSSR count). The lowest BCUT2D eigenvalue weighted by Gasteiger charge is -1.65. The molecule has 0 aliphatic heterocycles. The highest BCUT2D eigenvalue weighted by molar-refractivity contribution is 7.27. The second kappa shape index (κ2) is 1.90. The second-order valence-electron chi connectivity index (χ2n) is 1.43. The number of halogens is 1. The van der Waals surface area contributed by atoms with Crippen molar-refractivity contribution in [2.24, 2.45) is 0 Å². The van der Waals surface area contributed by atoms with Gasteiger partial charge in [-0.05, 0) is 0 Å². The van der Waals surface area contributed by atoms with Gasteiger partial charge >= 0.3 is 0 Å². The number of hydrogen-bond donors (Lipinski definition) is 0. The van der Waals surface area contributed by atoms with Crippen LogP contribution in [-0.2, 0) is 0 Å². The monoisotopic (exact) mass is 176 g/mol. The molecule has 2 nitrogen and oxygen atoms in total. The first-order valence-corrected chi connectivity index (χ1v) is 4.29. The summed E-state index contributed by atoms with van der Waals surface area (Å²) in [6.45, 7) is 0. The normalized spacial score (nSPS) is 10.8. The molecule has 0 saturated heterocycles. The van der Waals surface area contributed by atoms with E-state index in [-0.39, 0.29) is 0 Å². The highest BCUT2D eigenvalue weighted by atomic mass is 35.5. The molecule has 0 spiro atoms. The van der Waals surface area contributed by atoms with Crippen LogP contribution in [-0.4, -0.2) is 9.97 Å². The van der Waals surface area contributed by atoms with Gasteiger partial charge in [0.25, 0.3) is 0 Å². The molecule has 0 aromatic carbocycles. The van der Waals surface area contributed by atoms with E-state index < -0.39 is 0 Å². The van der Waals surface area contributed by atoms with Crippen LogP contribution < -0.4 is 0 Å². The summed E-state index contributed by atoms with van der Waals surface area (Å²) in [7, 11) is 0. The summed E-state index contributed by atoms with van der Waals surface area (Å²) in [5.41, 5.74) is 1.77. The van der Waals surface area contributed by atoms with Gasteiger partial charge in [-0.25, -0.2) is 9.97 Å². The van der Waals surface area contributed by atoms with Crippen LogP contribution in [0.25, 0.3) is 9.66 Å². The lowest BCUT2D eigenvalue weighted by molar-refractivity contribution is 1.51. The van der Waals surface area contributed by atoms with Crippen molar-refractivity contribution in [2.75, 3.05) is 0 Å². The maximum atomic E-state index is 5.60. The summed E-state index contributed by atoms with van der Waals surface area (Å²) in [5, 5.41) is 0. The van der Waals surface area contributed by atoms with Crippen molar-refractivity contribution < 1.29 is 0 Å². The van der Waals surface area contributed by atoms with Crippen LogP contribution in [0.5, 0.6) is 0 Å². The number of thiazole rings is 2. The average molecular weight is 177 g/mol. The van der Waals surface area contributed by atoms with E-state index in [2.05, 4.69) is 9.97 Å². The van der Waals surface area contributed by atoms with E-state index in [1.54, 1.807) is 5.51 Å². The SMILES string of the molecule is Clc1nc2scnc2s1. The minimum atomic E-state index is 0.573. The summed E-state index contributed by atoms with van der Waals surface area (Å²) in [6, 6.07) is 0. The molecule has 0 fully saturated rings. The number of rotatable bonds is 0. The van der Waals surface area contributed by atoms with E-state index in [4.69, 9.17) is 11.6 Å². The zero-order chi connectivity index (χ0) is 6.27. The van der Waals surface area contributed by atoms with E-state index in [0.717, 1.165) is 9.66 Å². The van der Waals surface area contributed by atoms with Crippen molar-refractivity contribution in [1.29, 1.82) is 0 Å². The third-order valence-corrected chi connectivity index (χ3v) is 2.80. The van der Waals surface area contributed by atoms with Crippen molar-refractivity contribution >= 4 is 43.9 Å². The molecule has 0 atom stereocenters. The minimum Gasteiger partial charge on any atom is -0.232 e. The summed E-state index contributed by atoms with van der Waals surface area (Å²) >= 11 is 8.52. The Kier molecular flexibility index (Phi) is 1.18. The Morgan fingerprint density at radius 3 is 3.11 bits per heavy atom. The van der Waals surface area contributed by atoms with Gasteiger partial charge in [0.15, 0.2) is 14.1 Å². The van der Waals surface area contributed by atoms with E-state index in [9.17, 15) is 0 Å². The van der Waals surface area contributed by atoms with Crippen LogP contribution in [0.15, 0.2) is 5.51 Å². The summed E-state index contributed by atoms with van der Waals surface area (Å²) in [5.74, 6) is 0. The van der Waals surface area contributed by atoms with Crippen LogP contribution >= 0.6 is 34.3 Å². The Morgan fingerprint density at radius 1 is 1.44 bits per heavy atom. The third kappa shape index (κ3) is 0.831. The first-order valence-electron chi connectivity index (χ1n) is 2.22. The third-order valence-electron chi connectivity index (χ3n) is 0.888. The fourth-order valence-corrected chi connectivity index (χ4v) is 2.39. The van der Waals surface area contributed by atoms with Gasteiger partial charge in [0.1, 0.15) is 0 Å². The summed E-state index contributed by atoms with van der Waals surface area (Å²) in [6.07, 6.45) is 0. The molecule has 2 aromatic rings. The van der Waals surface area contributed by atoms with Gasteiger partial charge in [-0.1, -0.05) is 22.9 Å². The number of nitrogens with zero attached hydrogens (tertiary/aromatic N) is 2. The molecular formula is C4HClN2S2. The molecule has 0 radical (unpaired) electrons. The Bertz CT molecular complexity index is 297. The lowest BCUT2D eigenvalue weighted by atomic mass is 10.9. The van der Waals surface area contributed by atoms with Gasteiger partial charge in [-0.15, -0.1) is 11.3 Å². The Hall–Kier alpha value is -0.190. The predicted octanol–water partition coefficient (Wildman–Crippen LogP) is 2.41. The molecule has 0 saturated carbocycles.